The molecule has 1 rings (SSSR count). The van der Waals surface area contributed by atoms with E-state index in [0.29, 0.717) is 5.88 Å². The first kappa shape index (κ1) is 12.4. The summed E-state index contributed by atoms with van der Waals surface area (Å²) < 4.78 is 17.2. The van der Waals surface area contributed by atoms with Gasteiger partial charge in [-0.05, 0) is 13.8 Å². The van der Waals surface area contributed by atoms with Crippen LogP contribution in [0.15, 0.2) is 9.72 Å². The van der Waals surface area contributed by atoms with Gasteiger partial charge in [-0.2, -0.15) is 0 Å². The highest BCUT2D eigenvalue weighted by Gasteiger charge is 2.10. The lowest BCUT2D eigenvalue weighted by Crippen LogP contribution is -2.09. The molecule has 0 bridgehead atoms. The van der Waals surface area contributed by atoms with E-state index in [-0.39, 0.29) is 6.10 Å². The minimum Gasteiger partial charge on any atom is -0.277 e. The third-order valence-electron chi connectivity index (χ3n) is 1.20. The van der Waals surface area contributed by atoms with Gasteiger partial charge in [0.2, 0.25) is 10.1 Å². The third kappa shape index (κ3) is 4.27. The Morgan fingerprint density at radius 2 is 2.57 bits per heavy atom. The van der Waals surface area contributed by atoms with Gasteiger partial charge in [-0.15, -0.1) is 22.9 Å². The Morgan fingerprint density at radius 3 is 3.07 bits per heavy atom. The van der Waals surface area contributed by atoms with Crippen LogP contribution in [0.3, 0.4) is 0 Å². The van der Waals surface area contributed by atoms with Crippen LogP contribution in [-0.4, -0.2) is 21.2 Å². The number of rotatable bonds is 5. The first-order valence-electron chi connectivity index (χ1n) is 3.87. The van der Waals surface area contributed by atoms with Crippen molar-refractivity contribution < 1.29 is 8.39 Å². The van der Waals surface area contributed by atoms with Crippen molar-refractivity contribution in [2.45, 2.75) is 24.3 Å². The summed E-state index contributed by atoms with van der Waals surface area (Å²) in [7, 11) is -0.301. The summed E-state index contributed by atoms with van der Waals surface area (Å²) in [6.45, 7) is 3.67. The third-order valence-corrected chi connectivity index (χ3v) is 5.21. The number of aryl methyl sites for hydroxylation is 1. The lowest BCUT2D eigenvalue weighted by Gasteiger charge is -2.05. The van der Waals surface area contributed by atoms with Crippen LogP contribution >= 0.6 is 33.7 Å². The van der Waals surface area contributed by atoms with Crippen molar-refractivity contribution in [3.63, 3.8) is 0 Å². The highest BCUT2D eigenvalue weighted by molar-refractivity contribution is 8.67. The van der Waals surface area contributed by atoms with Gasteiger partial charge in [-0.3, -0.25) is 4.18 Å². The van der Waals surface area contributed by atoms with Crippen LogP contribution < -0.4 is 0 Å². The second-order valence-electron chi connectivity index (χ2n) is 2.60. The smallest absolute Gasteiger partial charge is 0.226 e. The predicted octanol–water partition coefficient (Wildman–Crippen LogP) is 2.77. The van der Waals surface area contributed by atoms with Gasteiger partial charge in [0.15, 0.2) is 4.34 Å². The number of alkyl halides is 1. The Hall–Kier alpha value is 0.380. The summed E-state index contributed by atoms with van der Waals surface area (Å²) in [5, 5.41) is 1.91. The van der Waals surface area contributed by atoms with Crippen molar-refractivity contribution in [1.29, 1.82) is 0 Å². The molecule has 1 heterocycles. The molecular formula is C7H10ClNO2S3. The number of hydrogen-bond acceptors (Lipinski definition) is 5. The topological polar surface area (TPSA) is 39.2 Å². The number of halogens is 1. The van der Waals surface area contributed by atoms with Crippen LogP contribution in [-0.2, 0) is 14.3 Å². The van der Waals surface area contributed by atoms with E-state index >= 15 is 0 Å². The van der Waals surface area contributed by atoms with Crippen molar-refractivity contribution in [3.8, 4) is 0 Å². The van der Waals surface area contributed by atoms with E-state index < -0.39 is 10.1 Å². The minimum absolute atomic E-state index is 0.203. The maximum Gasteiger partial charge on any atom is 0.226 e. The van der Waals surface area contributed by atoms with E-state index in [0.717, 1.165) is 20.8 Å². The molecule has 2 unspecified atom stereocenters. The summed E-state index contributed by atoms with van der Waals surface area (Å²) in [6, 6.07) is 0. The fourth-order valence-corrected chi connectivity index (χ4v) is 4.08. The molecule has 0 saturated carbocycles. The molecule has 0 aromatic carbocycles. The molecule has 0 amide bonds. The average Bonchev–Trinajstić information content (AvgIpc) is 2.50. The van der Waals surface area contributed by atoms with Crippen LogP contribution in [0.1, 0.15) is 12.6 Å². The van der Waals surface area contributed by atoms with Gasteiger partial charge in [0.05, 0.1) is 6.10 Å². The number of nitrogens with zero attached hydrogens (tertiary/aromatic N) is 1. The molecule has 7 heteroatoms. The molecular weight excluding hydrogens is 262 g/mol. The molecule has 0 fully saturated rings. The summed E-state index contributed by atoms with van der Waals surface area (Å²) in [5.74, 6) is 0.337. The van der Waals surface area contributed by atoms with E-state index in [1.165, 1.54) is 11.3 Å². The molecule has 0 spiro atoms. The molecule has 0 aliphatic carbocycles. The molecule has 14 heavy (non-hydrogen) atoms. The molecule has 2 atom stereocenters. The normalized spacial score (nSPS) is 15.4. The average molecular weight is 272 g/mol. The Bertz CT molecular complexity index is 318. The zero-order valence-corrected chi connectivity index (χ0v) is 10.9. The lowest BCUT2D eigenvalue weighted by atomic mass is 10.5. The molecule has 0 aliphatic rings. The Labute approximate surface area is 98.3 Å². The summed E-state index contributed by atoms with van der Waals surface area (Å²) in [5.41, 5.74) is 0.930. The van der Waals surface area contributed by atoms with Gasteiger partial charge in [0.25, 0.3) is 0 Å². The van der Waals surface area contributed by atoms with E-state index in [9.17, 15) is 4.21 Å². The molecule has 1 aromatic rings. The van der Waals surface area contributed by atoms with Crippen molar-refractivity contribution in [1.82, 2.24) is 4.98 Å². The van der Waals surface area contributed by atoms with E-state index in [2.05, 4.69) is 4.98 Å². The highest BCUT2D eigenvalue weighted by atomic mass is 35.5. The largest absolute Gasteiger partial charge is 0.277 e. The molecule has 0 saturated heterocycles. The SMILES string of the molecule is Cc1csc(SS(=O)OC(C)CCl)n1. The first-order chi connectivity index (χ1) is 6.61. The summed E-state index contributed by atoms with van der Waals surface area (Å²) >= 11 is 6.98. The predicted molar refractivity (Wildman–Crippen MR) is 62.1 cm³/mol. The fraction of sp³-hybridized carbons (Fsp3) is 0.571. The maximum absolute atomic E-state index is 11.4. The monoisotopic (exact) mass is 271 g/mol. The first-order valence-corrected chi connectivity index (χ1v) is 7.69. The van der Waals surface area contributed by atoms with Gasteiger partial charge in [-0.1, -0.05) is 0 Å². The molecule has 0 N–H and O–H groups in total. The Balaban J connectivity index is 2.41. The van der Waals surface area contributed by atoms with Crippen LogP contribution in [0.4, 0.5) is 0 Å². The van der Waals surface area contributed by atoms with E-state index in [1.54, 1.807) is 6.92 Å². The molecule has 1 aromatic heterocycles. The van der Waals surface area contributed by atoms with Crippen LogP contribution in [0.25, 0.3) is 0 Å². The van der Waals surface area contributed by atoms with Gasteiger partial charge in [0.1, 0.15) is 0 Å². The molecule has 80 valence electrons. The van der Waals surface area contributed by atoms with Gasteiger partial charge < -0.3 is 0 Å². The molecule has 0 radical (unpaired) electrons. The van der Waals surface area contributed by atoms with Crippen molar-refractivity contribution in [2.75, 3.05) is 5.88 Å². The van der Waals surface area contributed by atoms with Gasteiger partial charge in [0, 0.05) is 27.7 Å². The van der Waals surface area contributed by atoms with Gasteiger partial charge in [-0.25, -0.2) is 9.19 Å². The van der Waals surface area contributed by atoms with Crippen molar-refractivity contribution >= 4 is 43.8 Å². The summed E-state index contributed by atoms with van der Waals surface area (Å²) in [4.78, 5) is 4.16. The second kappa shape index (κ2) is 6.07. The molecule has 0 aliphatic heterocycles. The lowest BCUT2D eigenvalue weighted by molar-refractivity contribution is 0.280. The van der Waals surface area contributed by atoms with Gasteiger partial charge >= 0.3 is 0 Å². The zero-order valence-electron chi connectivity index (χ0n) is 7.73. The maximum atomic E-state index is 11.4. The minimum atomic E-state index is -1.41. The van der Waals surface area contributed by atoms with Crippen molar-refractivity contribution in [3.05, 3.63) is 11.1 Å². The summed E-state index contributed by atoms with van der Waals surface area (Å²) in [6.07, 6.45) is -0.203. The van der Waals surface area contributed by atoms with Crippen LogP contribution in [0, 0.1) is 6.92 Å². The highest BCUT2D eigenvalue weighted by Crippen LogP contribution is 2.26. The standard InChI is InChI=1S/C7H10ClNO2S3/c1-5-4-12-7(9-5)13-14(10)11-6(2)3-8/h4,6H,3H2,1-2H3. The Morgan fingerprint density at radius 1 is 1.86 bits per heavy atom. The number of hydrogen-bond donors (Lipinski definition) is 0. The quantitative estimate of drug-likeness (QED) is 0.610. The van der Waals surface area contributed by atoms with Crippen LogP contribution in [0.2, 0.25) is 0 Å². The fourth-order valence-electron chi connectivity index (χ4n) is 0.608. The number of aromatic nitrogens is 1. The zero-order chi connectivity index (χ0) is 10.6. The molecule has 3 nitrogen and oxygen atoms in total. The number of thiazole rings is 1. The van der Waals surface area contributed by atoms with E-state index in [1.807, 2.05) is 12.3 Å². The Kier molecular flexibility index (Phi) is 5.40. The van der Waals surface area contributed by atoms with E-state index in [4.69, 9.17) is 15.8 Å². The van der Waals surface area contributed by atoms with Crippen LogP contribution in [0.5, 0.6) is 0 Å². The second-order valence-corrected chi connectivity index (χ2v) is 6.50. The van der Waals surface area contributed by atoms with Crippen molar-refractivity contribution in [2.24, 2.45) is 0 Å².